The van der Waals surface area contributed by atoms with Crippen molar-refractivity contribution in [3.63, 3.8) is 0 Å². The first-order valence-electron chi connectivity index (χ1n) is 8.66. The van der Waals surface area contributed by atoms with Gasteiger partial charge in [0.1, 0.15) is 0 Å². The molecule has 26 heavy (non-hydrogen) atoms. The van der Waals surface area contributed by atoms with Crippen LogP contribution < -0.4 is 5.69 Å². The molecule has 0 spiro atoms. The van der Waals surface area contributed by atoms with E-state index in [0.29, 0.717) is 6.54 Å². The third-order valence-corrected chi connectivity index (χ3v) is 4.39. The van der Waals surface area contributed by atoms with Crippen LogP contribution in [-0.2, 0) is 24.8 Å². The van der Waals surface area contributed by atoms with Gasteiger partial charge in [-0.05, 0) is 34.2 Å². The summed E-state index contributed by atoms with van der Waals surface area (Å²) in [7, 11) is 1.79. The van der Waals surface area contributed by atoms with Crippen LogP contribution in [0.15, 0.2) is 47.3 Å². The van der Waals surface area contributed by atoms with Crippen LogP contribution in [0.1, 0.15) is 26.3 Å². The van der Waals surface area contributed by atoms with Crippen LogP contribution >= 0.6 is 0 Å². The van der Waals surface area contributed by atoms with Gasteiger partial charge in [-0.1, -0.05) is 51.1 Å². The lowest BCUT2D eigenvalue weighted by Crippen LogP contribution is -2.27. The maximum Gasteiger partial charge on any atom is 0.328 e. The maximum atomic E-state index is 12.6. The number of aliphatic carboxylic acids is 1. The zero-order valence-corrected chi connectivity index (χ0v) is 15.6. The fraction of sp³-hybridized carbons (Fsp3) is 0.333. The van der Waals surface area contributed by atoms with Gasteiger partial charge < -0.3 is 5.11 Å². The topological polar surface area (TPSA) is 64.2 Å². The molecule has 1 heterocycles. The molecule has 3 rings (SSSR count). The highest BCUT2D eigenvalue weighted by molar-refractivity contribution is 5.83. The minimum Gasteiger partial charge on any atom is -0.481 e. The lowest BCUT2D eigenvalue weighted by atomic mass is 9.97. The number of carbonyl (C=O) groups is 1. The van der Waals surface area contributed by atoms with Crippen LogP contribution in [-0.4, -0.2) is 20.2 Å². The number of hydrogen-bond acceptors (Lipinski definition) is 2. The Morgan fingerprint density at radius 1 is 1.04 bits per heavy atom. The second kappa shape index (κ2) is 6.48. The average molecular weight is 352 g/mol. The quantitative estimate of drug-likeness (QED) is 0.779. The number of benzene rings is 2. The summed E-state index contributed by atoms with van der Waals surface area (Å²) in [6.45, 7) is 6.98. The Bertz CT molecular complexity index is 1040. The van der Waals surface area contributed by atoms with E-state index in [1.54, 1.807) is 11.6 Å². The van der Waals surface area contributed by atoms with Crippen molar-refractivity contribution in [2.75, 3.05) is 0 Å². The first-order chi connectivity index (χ1) is 12.2. The van der Waals surface area contributed by atoms with Gasteiger partial charge in [0.25, 0.3) is 0 Å². The molecule has 1 N–H and O–H groups in total. The molecule has 5 nitrogen and oxygen atoms in total. The van der Waals surface area contributed by atoms with Crippen LogP contribution in [0.3, 0.4) is 0 Å². The third kappa shape index (κ3) is 3.57. The first-order valence-corrected chi connectivity index (χ1v) is 8.66. The fourth-order valence-corrected chi connectivity index (χ4v) is 3.25. The SMILES string of the molecule is Cn1c(=O)n(CC(C)(C)C)c2ccc(-c3cccc(CC(=O)O)c3)cc21. The van der Waals surface area contributed by atoms with Crippen molar-refractivity contribution in [3.05, 3.63) is 58.5 Å². The molecule has 1 aromatic heterocycles. The largest absolute Gasteiger partial charge is 0.481 e. The Labute approximate surface area is 152 Å². The number of fused-ring (bicyclic) bond motifs is 1. The van der Waals surface area contributed by atoms with Crippen molar-refractivity contribution in [1.82, 2.24) is 9.13 Å². The van der Waals surface area contributed by atoms with Gasteiger partial charge in [-0.3, -0.25) is 13.9 Å². The second-order valence-electron chi connectivity index (χ2n) is 7.96. The number of nitrogens with zero attached hydrogens (tertiary/aromatic N) is 2. The van der Waals surface area contributed by atoms with Crippen molar-refractivity contribution in [3.8, 4) is 11.1 Å². The molecule has 0 fully saturated rings. The highest BCUT2D eigenvalue weighted by atomic mass is 16.4. The molecule has 0 aliphatic heterocycles. The van der Waals surface area contributed by atoms with Crippen molar-refractivity contribution in [2.24, 2.45) is 12.5 Å². The summed E-state index contributed by atoms with van der Waals surface area (Å²) in [5.74, 6) is -0.848. The van der Waals surface area contributed by atoms with E-state index in [1.807, 2.05) is 47.0 Å². The molecule has 0 aliphatic carbocycles. The van der Waals surface area contributed by atoms with Gasteiger partial charge in [0.05, 0.1) is 17.5 Å². The van der Waals surface area contributed by atoms with Gasteiger partial charge in [0.2, 0.25) is 0 Å². The number of rotatable bonds is 4. The van der Waals surface area contributed by atoms with Crippen LogP contribution in [0.4, 0.5) is 0 Å². The van der Waals surface area contributed by atoms with E-state index < -0.39 is 5.97 Å². The molecule has 3 aromatic rings. The Balaban J connectivity index is 2.10. The van der Waals surface area contributed by atoms with E-state index in [4.69, 9.17) is 5.11 Å². The molecule has 0 bridgehead atoms. The molecular formula is C21H24N2O3. The zero-order valence-electron chi connectivity index (χ0n) is 15.6. The van der Waals surface area contributed by atoms with Crippen molar-refractivity contribution in [1.29, 1.82) is 0 Å². The van der Waals surface area contributed by atoms with Crippen LogP contribution in [0.5, 0.6) is 0 Å². The summed E-state index contributed by atoms with van der Waals surface area (Å²) >= 11 is 0. The average Bonchev–Trinajstić information content (AvgIpc) is 2.78. The van der Waals surface area contributed by atoms with E-state index in [1.165, 1.54) is 0 Å². The molecule has 0 unspecified atom stereocenters. The molecule has 0 radical (unpaired) electrons. The van der Waals surface area contributed by atoms with Gasteiger partial charge in [0.15, 0.2) is 0 Å². The smallest absolute Gasteiger partial charge is 0.328 e. The third-order valence-electron chi connectivity index (χ3n) is 4.39. The number of hydrogen-bond donors (Lipinski definition) is 1. The molecule has 0 amide bonds. The first kappa shape index (κ1) is 18.0. The summed E-state index contributed by atoms with van der Waals surface area (Å²) in [5, 5.41) is 8.99. The highest BCUT2D eigenvalue weighted by Crippen LogP contribution is 2.26. The summed E-state index contributed by atoms with van der Waals surface area (Å²) in [6.07, 6.45) is -0.00344. The lowest BCUT2D eigenvalue weighted by molar-refractivity contribution is -0.136. The lowest BCUT2D eigenvalue weighted by Gasteiger charge is -2.18. The Morgan fingerprint density at radius 2 is 1.73 bits per heavy atom. The van der Waals surface area contributed by atoms with Gasteiger partial charge >= 0.3 is 11.7 Å². The van der Waals surface area contributed by atoms with Gasteiger partial charge in [-0.15, -0.1) is 0 Å². The Hall–Kier alpha value is -2.82. The van der Waals surface area contributed by atoms with Crippen LogP contribution in [0.25, 0.3) is 22.2 Å². The number of aromatic nitrogens is 2. The molecule has 136 valence electrons. The normalized spacial score (nSPS) is 11.8. The van der Waals surface area contributed by atoms with Gasteiger partial charge in [-0.2, -0.15) is 0 Å². The van der Waals surface area contributed by atoms with E-state index in [2.05, 4.69) is 20.8 Å². The van der Waals surface area contributed by atoms with Crippen molar-refractivity contribution >= 4 is 17.0 Å². The highest BCUT2D eigenvalue weighted by Gasteiger charge is 2.18. The number of imidazole rings is 1. The predicted molar refractivity (Wildman–Crippen MR) is 103 cm³/mol. The monoisotopic (exact) mass is 352 g/mol. The molecule has 0 saturated heterocycles. The molecule has 2 aromatic carbocycles. The fourth-order valence-electron chi connectivity index (χ4n) is 3.25. The molecule has 0 atom stereocenters. The standard InChI is InChI=1S/C21H24N2O3/c1-21(2,3)13-23-17-9-8-16(12-18(17)22(4)20(23)26)15-7-5-6-14(10-15)11-19(24)25/h5-10,12H,11,13H2,1-4H3,(H,24,25). The number of carboxylic acid groups (broad SMARTS) is 1. The van der Waals surface area contributed by atoms with E-state index in [9.17, 15) is 9.59 Å². The van der Waals surface area contributed by atoms with E-state index >= 15 is 0 Å². The summed E-state index contributed by atoms with van der Waals surface area (Å²) in [6, 6.07) is 13.5. The van der Waals surface area contributed by atoms with Crippen LogP contribution in [0, 0.1) is 5.41 Å². The summed E-state index contributed by atoms with van der Waals surface area (Å²) in [5.41, 5.74) is 4.44. The molecule has 0 aliphatic rings. The van der Waals surface area contributed by atoms with Crippen molar-refractivity contribution in [2.45, 2.75) is 33.7 Å². The van der Waals surface area contributed by atoms with E-state index in [-0.39, 0.29) is 17.5 Å². The minimum absolute atomic E-state index is 0.00193. The summed E-state index contributed by atoms with van der Waals surface area (Å²) < 4.78 is 3.49. The van der Waals surface area contributed by atoms with Crippen molar-refractivity contribution < 1.29 is 9.90 Å². The maximum absolute atomic E-state index is 12.6. The molecular weight excluding hydrogens is 328 g/mol. The Morgan fingerprint density at radius 3 is 2.38 bits per heavy atom. The minimum atomic E-state index is -0.848. The number of aryl methyl sites for hydroxylation is 1. The van der Waals surface area contributed by atoms with Gasteiger partial charge in [-0.25, -0.2) is 4.79 Å². The number of carboxylic acids is 1. The molecule has 5 heteroatoms. The summed E-state index contributed by atoms with van der Waals surface area (Å²) in [4.78, 5) is 23.6. The van der Waals surface area contributed by atoms with Gasteiger partial charge in [0, 0.05) is 13.6 Å². The molecule has 0 saturated carbocycles. The zero-order chi connectivity index (χ0) is 19.1. The second-order valence-corrected chi connectivity index (χ2v) is 7.96. The van der Waals surface area contributed by atoms with E-state index in [0.717, 1.165) is 27.7 Å². The predicted octanol–water partition coefficient (Wildman–Crippen LogP) is 3.68. The Kier molecular flexibility index (Phi) is 4.48. The van der Waals surface area contributed by atoms with Crippen LogP contribution in [0.2, 0.25) is 0 Å².